The highest BCUT2D eigenvalue weighted by atomic mass is 32.2. The lowest BCUT2D eigenvalue weighted by molar-refractivity contribution is -0.111. The number of hydrogen-bond acceptors (Lipinski definition) is 3. The Morgan fingerprint density at radius 3 is 2.23 bits per heavy atom. The molecule has 2 N–H and O–H groups in total. The molecule has 0 aliphatic carbocycles. The number of carbonyl (C=O) groups excluding carboxylic acids is 1. The van der Waals surface area contributed by atoms with Crippen LogP contribution in [0.1, 0.15) is 76.7 Å². The van der Waals surface area contributed by atoms with Gasteiger partial charge in [0.15, 0.2) is 0 Å². The van der Waals surface area contributed by atoms with Crippen molar-refractivity contribution in [2.24, 2.45) is 0 Å². The summed E-state index contributed by atoms with van der Waals surface area (Å²) in [5.74, 6) is 1.17. The Labute approximate surface area is 192 Å². The van der Waals surface area contributed by atoms with Crippen molar-refractivity contribution in [2.45, 2.75) is 76.0 Å². The van der Waals surface area contributed by atoms with Gasteiger partial charge >= 0.3 is 0 Å². The van der Waals surface area contributed by atoms with Crippen molar-refractivity contribution in [3.63, 3.8) is 0 Å². The minimum Gasteiger partial charge on any atom is -0.508 e. The van der Waals surface area contributed by atoms with E-state index < -0.39 is 0 Å². The quantitative estimate of drug-likeness (QED) is 0.168. The number of unbranched alkanes of at least 4 members (excludes halogenated alkanes) is 9. The fourth-order valence-electron chi connectivity index (χ4n) is 3.38. The molecule has 168 valence electrons. The molecule has 0 bridgehead atoms. The zero-order valence-electron chi connectivity index (χ0n) is 18.8. The van der Waals surface area contributed by atoms with E-state index in [2.05, 4.69) is 18.3 Å². The van der Waals surface area contributed by atoms with Crippen LogP contribution in [0.5, 0.6) is 5.75 Å². The van der Waals surface area contributed by atoms with Crippen LogP contribution in [0.25, 0.3) is 6.08 Å². The normalized spacial score (nSPS) is 11.1. The van der Waals surface area contributed by atoms with Crippen molar-refractivity contribution in [3.8, 4) is 5.75 Å². The van der Waals surface area contributed by atoms with Crippen LogP contribution in [0.15, 0.2) is 59.5 Å². The van der Waals surface area contributed by atoms with Crippen molar-refractivity contribution < 1.29 is 9.90 Å². The van der Waals surface area contributed by atoms with Crippen LogP contribution in [-0.4, -0.2) is 16.8 Å². The number of aromatic hydroxyl groups is 1. The van der Waals surface area contributed by atoms with Gasteiger partial charge in [-0.1, -0.05) is 82.9 Å². The summed E-state index contributed by atoms with van der Waals surface area (Å²) in [5.41, 5.74) is 1.68. The van der Waals surface area contributed by atoms with Gasteiger partial charge in [0.05, 0.1) is 0 Å². The van der Waals surface area contributed by atoms with Gasteiger partial charge in [-0.15, -0.1) is 11.8 Å². The van der Waals surface area contributed by atoms with Gasteiger partial charge in [-0.05, 0) is 54.1 Å². The largest absolute Gasteiger partial charge is 0.508 e. The van der Waals surface area contributed by atoms with Crippen molar-refractivity contribution in [2.75, 3.05) is 11.1 Å². The topological polar surface area (TPSA) is 49.3 Å². The van der Waals surface area contributed by atoms with Crippen LogP contribution < -0.4 is 5.32 Å². The van der Waals surface area contributed by atoms with Crippen molar-refractivity contribution >= 4 is 29.4 Å². The van der Waals surface area contributed by atoms with E-state index in [1.165, 1.54) is 75.2 Å². The third kappa shape index (κ3) is 11.7. The van der Waals surface area contributed by atoms with Crippen LogP contribution in [0, 0.1) is 0 Å². The maximum Gasteiger partial charge on any atom is 0.248 e. The van der Waals surface area contributed by atoms with E-state index in [4.69, 9.17) is 0 Å². The van der Waals surface area contributed by atoms with Gasteiger partial charge in [-0.25, -0.2) is 0 Å². The van der Waals surface area contributed by atoms with E-state index in [-0.39, 0.29) is 11.7 Å². The van der Waals surface area contributed by atoms with Crippen LogP contribution in [-0.2, 0) is 4.79 Å². The lowest BCUT2D eigenvalue weighted by Crippen LogP contribution is -2.07. The van der Waals surface area contributed by atoms with Crippen LogP contribution in [0.2, 0.25) is 0 Å². The van der Waals surface area contributed by atoms with E-state index >= 15 is 0 Å². The maximum atomic E-state index is 12.2. The van der Waals surface area contributed by atoms with Crippen molar-refractivity contribution in [1.82, 2.24) is 0 Å². The molecule has 0 spiro atoms. The third-order valence-electron chi connectivity index (χ3n) is 5.19. The fourth-order valence-corrected chi connectivity index (χ4v) is 4.35. The fraction of sp³-hybridized carbons (Fsp3) is 0.444. The first-order valence-corrected chi connectivity index (χ1v) is 12.7. The van der Waals surface area contributed by atoms with Crippen LogP contribution >= 0.6 is 11.8 Å². The molecule has 4 heteroatoms. The molecule has 2 aromatic rings. The molecular formula is C27H37NO2S. The molecule has 0 saturated carbocycles. The second-order valence-corrected chi connectivity index (χ2v) is 9.14. The Balaban J connectivity index is 1.61. The molecule has 0 atom stereocenters. The Bertz CT molecular complexity index is 786. The lowest BCUT2D eigenvalue weighted by Gasteiger charge is -2.06. The molecular weight excluding hydrogens is 402 g/mol. The maximum absolute atomic E-state index is 12.2. The average molecular weight is 440 g/mol. The molecule has 2 rings (SSSR count). The van der Waals surface area contributed by atoms with Gasteiger partial charge in [0.1, 0.15) is 5.75 Å². The summed E-state index contributed by atoms with van der Waals surface area (Å²) in [6.07, 6.45) is 16.8. The Morgan fingerprint density at radius 2 is 1.55 bits per heavy atom. The first-order valence-electron chi connectivity index (χ1n) is 11.7. The molecule has 0 radical (unpaired) electrons. The van der Waals surface area contributed by atoms with E-state index in [1.807, 2.05) is 30.0 Å². The van der Waals surface area contributed by atoms with E-state index in [1.54, 1.807) is 30.3 Å². The summed E-state index contributed by atoms with van der Waals surface area (Å²) in [4.78, 5) is 13.4. The minimum absolute atomic E-state index is 0.162. The Morgan fingerprint density at radius 1 is 0.903 bits per heavy atom. The number of benzene rings is 2. The zero-order chi connectivity index (χ0) is 22.2. The van der Waals surface area contributed by atoms with E-state index in [0.717, 1.165) is 17.0 Å². The van der Waals surface area contributed by atoms with Gasteiger partial charge < -0.3 is 10.4 Å². The number of anilines is 1. The number of amides is 1. The molecule has 1 amide bonds. The average Bonchev–Trinajstić information content (AvgIpc) is 2.77. The summed E-state index contributed by atoms with van der Waals surface area (Å²) in [5, 5.41) is 12.2. The summed E-state index contributed by atoms with van der Waals surface area (Å²) in [6, 6.07) is 14.8. The second-order valence-electron chi connectivity index (χ2n) is 7.97. The summed E-state index contributed by atoms with van der Waals surface area (Å²) in [7, 11) is 0. The number of carbonyl (C=O) groups is 1. The van der Waals surface area contributed by atoms with Gasteiger partial charge in [0.2, 0.25) is 5.91 Å². The minimum atomic E-state index is -0.162. The molecule has 0 aliphatic heterocycles. The number of hydrogen-bond donors (Lipinski definition) is 2. The predicted molar refractivity (Wildman–Crippen MR) is 135 cm³/mol. The zero-order valence-corrected chi connectivity index (χ0v) is 19.6. The smallest absolute Gasteiger partial charge is 0.248 e. The molecule has 0 fully saturated rings. The van der Waals surface area contributed by atoms with Gasteiger partial charge in [0.25, 0.3) is 0 Å². The van der Waals surface area contributed by atoms with Gasteiger partial charge in [0, 0.05) is 16.7 Å². The molecule has 0 aliphatic rings. The van der Waals surface area contributed by atoms with Gasteiger partial charge in [-0.2, -0.15) is 0 Å². The molecule has 0 unspecified atom stereocenters. The Hall–Kier alpha value is -2.20. The Kier molecular flexibility index (Phi) is 12.6. The van der Waals surface area contributed by atoms with Crippen molar-refractivity contribution in [1.29, 1.82) is 0 Å². The highest BCUT2D eigenvalue weighted by Gasteiger charge is 2.01. The highest BCUT2D eigenvalue weighted by Crippen LogP contribution is 2.23. The number of phenolic OH excluding ortho intramolecular Hbond substituents is 1. The lowest BCUT2D eigenvalue weighted by atomic mass is 10.1. The molecule has 0 aromatic heterocycles. The van der Waals surface area contributed by atoms with Crippen LogP contribution in [0.3, 0.4) is 0 Å². The first-order chi connectivity index (χ1) is 15.2. The molecule has 2 aromatic carbocycles. The molecule has 3 nitrogen and oxygen atoms in total. The molecule has 31 heavy (non-hydrogen) atoms. The summed E-state index contributed by atoms with van der Waals surface area (Å²) in [6.45, 7) is 2.27. The van der Waals surface area contributed by atoms with E-state index in [0.29, 0.717) is 0 Å². The summed E-state index contributed by atoms with van der Waals surface area (Å²) < 4.78 is 0. The first kappa shape index (κ1) is 25.1. The molecule has 0 heterocycles. The van der Waals surface area contributed by atoms with Crippen molar-refractivity contribution in [3.05, 3.63) is 60.2 Å². The number of nitrogens with one attached hydrogen (secondary N) is 1. The number of thioether (sulfide) groups is 1. The van der Waals surface area contributed by atoms with E-state index in [9.17, 15) is 9.90 Å². The number of rotatable bonds is 15. The standard InChI is InChI=1S/C27H37NO2S/c1-2-3-4-5-6-7-8-9-10-11-21-31-26-14-12-13-24(22-26)28-27(30)20-17-23-15-18-25(29)19-16-23/h12-20,22,29H,2-11,21H2,1H3,(H,28,30)/b20-17+. The van der Waals surface area contributed by atoms with Crippen LogP contribution in [0.4, 0.5) is 5.69 Å². The van der Waals surface area contributed by atoms with Gasteiger partial charge in [-0.3, -0.25) is 4.79 Å². The third-order valence-corrected chi connectivity index (χ3v) is 6.27. The molecule has 0 saturated heterocycles. The monoisotopic (exact) mass is 439 g/mol. The highest BCUT2D eigenvalue weighted by molar-refractivity contribution is 7.99. The summed E-state index contributed by atoms with van der Waals surface area (Å²) >= 11 is 1.86. The number of phenols is 1. The second kappa shape index (κ2) is 15.6. The SMILES string of the molecule is CCCCCCCCCCCCSc1cccc(NC(=O)/C=C/c2ccc(O)cc2)c1. The predicted octanol–water partition coefficient (Wildman–Crippen LogP) is 8.06.